The summed E-state index contributed by atoms with van der Waals surface area (Å²) in [4.78, 5) is 70.5. The van der Waals surface area contributed by atoms with Crippen LogP contribution < -0.4 is 32.5 Å². The second kappa shape index (κ2) is 38.0. The molecule has 360 valence electrons. The van der Waals surface area contributed by atoms with Gasteiger partial charge in [0, 0.05) is 38.9 Å². The second-order valence-corrected chi connectivity index (χ2v) is 15.6. The number of aliphatic carboxylic acids is 2. The molecule has 1 rings (SSSR count). The highest BCUT2D eigenvalue weighted by Crippen LogP contribution is 2.28. The SMILES string of the molecule is NNC1(CCCCNC(=O)COCCOCCNC(=O)COCCOCCNC(=O)CCC(NC(=O)CCCCCCCCCCCCCCCCC(=O)O)C(=O)O)COC1O. The Morgan fingerprint density at radius 3 is 1.48 bits per heavy atom. The van der Waals surface area contributed by atoms with Crippen LogP contribution in [-0.2, 0) is 52.5 Å². The van der Waals surface area contributed by atoms with E-state index in [1.165, 1.54) is 44.9 Å². The fourth-order valence-corrected chi connectivity index (χ4v) is 6.50. The van der Waals surface area contributed by atoms with E-state index in [-0.39, 0.29) is 115 Å². The molecular weight excluding hydrogens is 812 g/mol. The molecule has 0 spiro atoms. The number of rotatable bonds is 44. The number of nitrogens with one attached hydrogen (secondary N) is 5. The summed E-state index contributed by atoms with van der Waals surface area (Å²) in [5.41, 5.74) is 1.99. The van der Waals surface area contributed by atoms with Gasteiger partial charge in [-0.2, -0.15) is 0 Å². The van der Waals surface area contributed by atoms with E-state index in [9.17, 15) is 39.0 Å². The van der Waals surface area contributed by atoms with Crippen LogP contribution >= 0.6 is 0 Å². The van der Waals surface area contributed by atoms with Gasteiger partial charge in [0.25, 0.3) is 0 Å². The Hall–Kier alpha value is -3.50. The number of ether oxygens (including phenoxy) is 5. The molecular formula is C42H78N6O14. The number of aliphatic hydroxyl groups excluding tert-OH is 1. The van der Waals surface area contributed by atoms with E-state index in [2.05, 4.69) is 26.7 Å². The normalized spacial score (nSPS) is 16.3. The minimum absolute atomic E-state index is 0.0282. The van der Waals surface area contributed by atoms with E-state index < -0.39 is 29.8 Å². The molecule has 0 aromatic heterocycles. The van der Waals surface area contributed by atoms with Gasteiger partial charge < -0.3 is 60.3 Å². The number of unbranched alkanes of at least 4 members (excludes halogenated alkanes) is 14. The minimum Gasteiger partial charge on any atom is -0.481 e. The summed E-state index contributed by atoms with van der Waals surface area (Å²) in [5, 5.41) is 38.4. The van der Waals surface area contributed by atoms with Crippen LogP contribution in [0.2, 0.25) is 0 Å². The van der Waals surface area contributed by atoms with Gasteiger partial charge in [-0.1, -0.05) is 77.0 Å². The molecule has 1 heterocycles. The van der Waals surface area contributed by atoms with Crippen LogP contribution in [0, 0.1) is 0 Å². The van der Waals surface area contributed by atoms with Crippen molar-refractivity contribution in [3.8, 4) is 0 Å². The van der Waals surface area contributed by atoms with Gasteiger partial charge in [0.15, 0.2) is 6.29 Å². The van der Waals surface area contributed by atoms with Gasteiger partial charge in [0.1, 0.15) is 24.8 Å². The van der Waals surface area contributed by atoms with E-state index >= 15 is 0 Å². The maximum atomic E-state index is 12.3. The number of amides is 4. The molecule has 0 saturated carbocycles. The molecule has 3 unspecified atom stereocenters. The summed E-state index contributed by atoms with van der Waals surface area (Å²) < 4.78 is 26.3. The predicted molar refractivity (Wildman–Crippen MR) is 228 cm³/mol. The first-order valence-corrected chi connectivity index (χ1v) is 22.6. The average Bonchev–Trinajstić information content (AvgIpc) is 3.24. The number of hydrazine groups is 1. The van der Waals surface area contributed by atoms with E-state index in [0.29, 0.717) is 26.0 Å². The average molecular weight is 891 g/mol. The van der Waals surface area contributed by atoms with Gasteiger partial charge in [0.05, 0.1) is 46.2 Å². The molecule has 4 amide bonds. The third-order valence-corrected chi connectivity index (χ3v) is 10.3. The highest BCUT2D eigenvalue weighted by atomic mass is 16.6. The summed E-state index contributed by atoms with van der Waals surface area (Å²) in [6.07, 6.45) is 16.6. The first-order valence-electron chi connectivity index (χ1n) is 22.6. The lowest BCUT2D eigenvalue weighted by molar-refractivity contribution is -0.259. The Balaban J connectivity index is 1.89. The molecule has 0 aromatic rings. The molecule has 0 bridgehead atoms. The number of aliphatic hydroxyl groups is 1. The molecule has 0 radical (unpaired) electrons. The standard InChI is InChI=1S/C42H78N6O14/c43-48-42(33-62-41(42)57)21-15-16-22-44-37(51)31-60-29-28-59-26-24-46-38(52)32-61-30-27-58-25-23-45-35(49)20-19-34(40(55)56)47-36(50)17-13-11-9-7-5-3-1-2-4-6-8-10-12-14-18-39(53)54/h34,41,48,57H,1-33,43H2,(H,44,51)(H,45,49)(H,46,52)(H,47,50)(H,53,54)(H,55,56). The fourth-order valence-electron chi connectivity index (χ4n) is 6.50. The summed E-state index contributed by atoms with van der Waals surface area (Å²) in [7, 11) is 0. The van der Waals surface area contributed by atoms with Crippen LogP contribution in [0.15, 0.2) is 0 Å². The number of nitrogens with two attached hydrogens (primary N) is 1. The molecule has 0 aliphatic carbocycles. The Morgan fingerprint density at radius 2 is 1.03 bits per heavy atom. The van der Waals surface area contributed by atoms with Crippen LogP contribution in [0.4, 0.5) is 0 Å². The predicted octanol–water partition coefficient (Wildman–Crippen LogP) is 1.80. The van der Waals surface area contributed by atoms with Crippen molar-refractivity contribution in [1.82, 2.24) is 26.7 Å². The minimum atomic E-state index is -1.18. The van der Waals surface area contributed by atoms with Crippen LogP contribution in [-0.4, -0.2) is 148 Å². The number of carboxylic acids is 2. The van der Waals surface area contributed by atoms with Crippen molar-refractivity contribution in [3.63, 3.8) is 0 Å². The molecule has 1 aliphatic heterocycles. The quantitative estimate of drug-likeness (QED) is 0.0239. The summed E-state index contributed by atoms with van der Waals surface area (Å²) >= 11 is 0. The lowest BCUT2D eigenvalue weighted by atomic mass is 9.89. The van der Waals surface area contributed by atoms with Crippen LogP contribution in [0.1, 0.15) is 135 Å². The van der Waals surface area contributed by atoms with Gasteiger partial charge >= 0.3 is 11.9 Å². The van der Waals surface area contributed by atoms with E-state index in [4.69, 9.17) is 34.6 Å². The lowest BCUT2D eigenvalue weighted by Crippen LogP contribution is -2.69. The molecule has 3 atom stereocenters. The topological polar surface area (TPSA) is 295 Å². The smallest absolute Gasteiger partial charge is 0.326 e. The third-order valence-electron chi connectivity index (χ3n) is 10.3. The highest BCUT2D eigenvalue weighted by Gasteiger charge is 2.46. The zero-order valence-electron chi connectivity index (χ0n) is 36.9. The Bertz CT molecular complexity index is 1230. The van der Waals surface area contributed by atoms with Crippen molar-refractivity contribution in [2.75, 3.05) is 79.1 Å². The molecule has 20 nitrogen and oxygen atoms in total. The Kier molecular flexibility index (Phi) is 34.6. The van der Waals surface area contributed by atoms with E-state index in [1.54, 1.807) is 0 Å². The van der Waals surface area contributed by atoms with Crippen molar-refractivity contribution < 1.29 is 67.8 Å². The Labute approximate surface area is 367 Å². The van der Waals surface area contributed by atoms with Crippen LogP contribution in [0.3, 0.4) is 0 Å². The van der Waals surface area contributed by atoms with Crippen molar-refractivity contribution in [1.29, 1.82) is 0 Å². The molecule has 10 N–H and O–H groups in total. The third kappa shape index (κ3) is 31.4. The number of hydrogen-bond acceptors (Lipinski definition) is 14. The molecule has 0 aromatic carbocycles. The number of hydrogen-bond donors (Lipinski definition) is 9. The summed E-state index contributed by atoms with van der Waals surface area (Å²) in [6, 6.07) is -1.14. The van der Waals surface area contributed by atoms with Gasteiger partial charge in [-0.05, 0) is 38.5 Å². The maximum absolute atomic E-state index is 12.3. The number of carbonyl (C=O) groups excluding carboxylic acids is 4. The zero-order valence-corrected chi connectivity index (χ0v) is 36.9. The zero-order chi connectivity index (χ0) is 45.5. The fraction of sp³-hybridized carbons (Fsp3) is 0.857. The highest BCUT2D eigenvalue weighted by molar-refractivity contribution is 5.84. The van der Waals surface area contributed by atoms with Crippen molar-refractivity contribution >= 4 is 35.6 Å². The van der Waals surface area contributed by atoms with Gasteiger partial charge in [0.2, 0.25) is 23.6 Å². The first-order chi connectivity index (χ1) is 30.0. The molecule has 20 heteroatoms. The van der Waals surface area contributed by atoms with Crippen LogP contribution in [0.25, 0.3) is 0 Å². The second-order valence-electron chi connectivity index (χ2n) is 15.6. The van der Waals surface area contributed by atoms with E-state index in [0.717, 1.165) is 51.4 Å². The van der Waals surface area contributed by atoms with Crippen molar-refractivity contribution in [2.24, 2.45) is 5.84 Å². The number of carbonyl (C=O) groups is 6. The van der Waals surface area contributed by atoms with Gasteiger partial charge in [-0.25, -0.2) is 10.2 Å². The molecule has 1 fully saturated rings. The maximum Gasteiger partial charge on any atom is 0.326 e. The molecule has 1 aliphatic rings. The monoisotopic (exact) mass is 891 g/mol. The summed E-state index contributed by atoms with van der Waals surface area (Å²) in [6.45, 7) is 2.34. The van der Waals surface area contributed by atoms with Crippen LogP contribution in [0.5, 0.6) is 0 Å². The molecule has 62 heavy (non-hydrogen) atoms. The van der Waals surface area contributed by atoms with Crippen molar-refractivity contribution in [3.05, 3.63) is 0 Å². The summed E-state index contributed by atoms with van der Waals surface area (Å²) in [5.74, 6) is 2.34. The first kappa shape index (κ1) is 56.5. The number of carboxylic acid groups (broad SMARTS) is 2. The largest absolute Gasteiger partial charge is 0.481 e. The van der Waals surface area contributed by atoms with Crippen molar-refractivity contribution in [2.45, 2.75) is 153 Å². The van der Waals surface area contributed by atoms with Gasteiger partial charge in [-0.3, -0.25) is 29.8 Å². The lowest BCUT2D eigenvalue weighted by Gasteiger charge is -2.45. The van der Waals surface area contributed by atoms with E-state index in [1.807, 2.05) is 0 Å². The van der Waals surface area contributed by atoms with Gasteiger partial charge in [-0.15, -0.1) is 0 Å². The Morgan fingerprint density at radius 1 is 0.565 bits per heavy atom. The molecule has 1 saturated heterocycles.